The van der Waals surface area contributed by atoms with Gasteiger partial charge in [-0.25, -0.2) is 8.42 Å². The van der Waals surface area contributed by atoms with Crippen molar-refractivity contribution in [1.29, 1.82) is 0 Å². The van der Waals surface area contributed by atoms with Gasteiger partial charge in [-0.3, -0.25) is 20.3 Å². The lowest BCUT2D eigenvalue weighted by molar-refractivity contribution is -0.384. The summed E-state index contributed by atoms with van der Waals surface area (Å²) in [6.07, 6.45) is 1.46. The molecule has 10 nitrogen and oxygen atoms in total. The van der Waals surface area contributed by atoms with Crippen LogP contribution in [0.25, 0.3) is 0 Å². The number of nitrogens with one attached hydrogen (secondary N) is 2. The van der Waals surface area contributed by atoms with Crippen LogP contribution in [-0.2, 0) is 10.0 Å². The molecule has 0 saturated carbocycles. The molecule has 0 aliphatic heterocycles. The first-order valence-electron chi connectivity index (χ1n) is 9.21. The maximum Gasteiger partial charge on any atom is 0.295 e. The molecule has 0 aliphatic carbocycles. The summed E-state index contributed by atoms with van der Waals surface area (Å²) in [6, 6.07) is 16.8. The van der Waals surface area contributed by atoms with Crippen LogP contribution >= 0.6 is 0 Å². The van der Waals surface area contributed by atoms with E-state index in [1.165, 1.54) is 44.7 Å². The van der Waals surface area contributed by atoms with E-state index in [2.05, 4.69) is 15.2 Å². The first-order chi connectivity index (χ1) is 15.3. The van der Waals surface area contributed by atoms with Gasteiger partial charge in [0.25, 0.3) is 15.7 Å². The zero-order chi connectivity index (χ0) is 23.1. The van der Waals surface area contributed by atoms with E-state index < -0.39 is 20.6 Å². The normalized spacial score (nSPS) is 11.2. The summed E-state index contributed by atoms with van der Waals surface area (Å²) in [4.78, 5) is 10.6. The van der Waals surface area contributed by atoms with Crippen molar-refractivity contribution in [2.24, 2.45) is 5.10 Å². The lowest BCUT2D eigenvalue weighted by atomic mass is 10.2. The van der Waals surface area contributed by atoms with E-state index in [1.807, 2.05) is 0 Å². The van der Waals surface area contributed by atoms with E-state index in [1.54, 1.807) is 36.4 Å². The average molecular weight is 456 g/mol. The molecule has 0 heterocycles. The zero-order valence-corrected chi connectivity index (χ0v) is 18.0. The van der Waals surface area contributed by atoms with Crippen LogP contribution < -0.4 is 19.6 Å². The Morgan fingerprint density at radius 2 is 1.69 bits per heavy atom. The van der Waals surface area contributed by atoms with Crippen molar-refractivity contribution in [1.82, 2.24) is 0 Å². The molecular weight excluding hydrogens is 436 g/mol. The molecule has 0 radical (unpaired) electrons. The third kappa shape index (κ3) is 5.52. The van der Waals surface area contributed by atoms with Gasteiger partial charge in [-0.05, 0) is 54.1 Å². The lowest BCUT2D eigenvalue weighted by Gasteiger charge is -2.10. The summed E-state index contributed by atoms with van der Waals surface area (Å²) < 4.78 is 37.9. The summed E-state index contributed by atoms with van der Waals surface area (Å²) in [5.41, 5.74) is 3.18. The van der Waals surface area contributed by atoms with Gasteiger partial charge in [0.2, 0.25) is 0 Å². The van der Waals surface area contributed by atoms with E-state index in [0.717, 1.165) is 6.07 Å². The van der Waals surface area contributed by atoms with Crippen molar-refractivity contribution < 1.29 is 22.8 Å². The number of benzene rings is 3. The third-order valence-electron chi connectivity index (χ3n) is 4.31. The molecule has 3 aromatic carbocycles. The first kappa shape index (κ1) is 22.6. The Kier molecular flexibility index (Phi) is 6.90. The predicted molar refractivity (Wildman–Crippen MR) is 121 cm³/mol. The largest absolute Gasteiger partial charge is 0.497 e. The number of nitro benzene ring substituents is 1. The van der Waals surface area contributed by atoms with Crippen molar-refractivity contribution in [2.75, 3.05) is 24.4 Å². The summed E-state index contributed by atoms with van der Waals surface area (Å²) in [5, 5.41) is 15.5. The number of rotatable bonds is 9. The maximum atomic E-state index is 12.7. The van der Waals surface area contributed by atoms with Gasteiger partial charge in [-0.1, -0.05) is 12.1 Å². The molecule has 0 spiro atoms. The van der Waals surface area contributed by atoms with E-state index in [4.69, 9.17) is 9.47 Å². The van der Waals surface area contributed by atoms with Crippen LogP contribution in [-0.4, -0.2) is 33.8 Å². The minimum Gasteiger partial charge on any atom is -0.497 e. The van der Waals surface area contributed by atoms with Crippen molar-refractivity contribution >= 4 is 33.3 Å². The summed E-state index contributed by atoms with van der Waals surface area (Å²) >= 11 is 0. The van der Waals surface area contributed by atoms with Crippen LogP contribution in [0.3, 0.4) is 0 Å². The molecule has 0 aliphatic rings. The molecule has 11 heteroatoms. The number of methoxy groups -OCH3 is 2. The predicted octanol–water partition coefficient (Wildman–Crippen LogP) is 3.86. The highest BCUT2D eigenvalue weighted by Gasteiger charge is 2.21. The van der Waals surface area contributed by atoms with Crippen LogP contribution in [0, 0.1) is 10.1 Å². The van der Waals surface area contributed by atoms with Crippen molar-refractivity contribution in [3.8, 4) is 11.5 Å². The standard InChI is InChI=1S/C21H20N4O6S/c1-30-17-8-6-16(7-9-17)24-32(28,29)19-10-11-20(21(13-19)25(26)27)23-22-14-15-4-3-5-18(12-15)31-2/h3-14,23-24H,1-2H3/b22-14+. The smallest absolute Gasteiger partial charge is 0.295 e. The Balaban J connectivity index is 1.81. The number of hydrogen-bond acceptors (Lipinski definition) is 8. The van der Waals surface area contributed by atoms with Gasteiger partial charge in [-0.2, -0.15) is 5.10 Å². The van der Waals surface area contributed by atoms with Gasteiger partial charge < -0.3 is 9.47 Å². The molecule has 0 aromatic heterocycles. The topological polar surface area (TPSA) is 132 Å². The van der Waals surface area contributed by atoms with Crippen LogP contribution in [0.15, 0.2) is 76.7 Å². The molecule has 2 N–H and O–H groups in total. The number of hydrogen-bond donors (Lipinski definition) is 2. The number of nitro groups is 1. The van der Waals surface area contributed by atoms with Crippen molar-refractivity contribution in [3.63, 3.8) is 0 Å². The first-order valence-corrected chi connectivity index (χ1v) is 10.7. The average Bonchev–Trinajstić information content (AvgIpc) is 2.79. The second-order valence-electron chi connectivity index (χ2n) is 6.42. The van der Waals surface area contributed by atoms with Gasteiger partial charge in [0.05, 0.1) is 30.3 Å². The molecule has 3 rings (SSSR count). The fourth-order valence-electron chi connectivity index (χ4n) is 2.70. The van der Waals surface area contributed by atoms with Crippen LogP contribution in [0.4, 0.5) is 17.1 Å². The second-order valence-corrected chi connectivity index (χ2v) is 8.10. The van der Waals surface area contributed by atoms with Gasteiger partial charge in [0.1, 0.15) is 17.2 Å². The Morgan fingerprint density at radius 3 is 2.34 bits per heavy atom. The molecule has 0 atom stereocenters. The molecule has 32 heavy (non-hydrogen) atoms. The molecule has 0 saturated heterocycles. The number of nitrogens with zero attached hydrogens (tertiary/aromatic N) is 2. The van der Waals surface area contributed by atoms with E-state index in [-0.39, 0.29) is 10.6 Å². The van der Waals surface area contributed by atoms with Crippen LogP contribution in [0.2, 0.25) is 0 Å². The lowest BCUT2D eigenvalue weighted by Crippen LogP contribution is -2.13. The maximum absolute atomic E-state index is 12.7. The Morgan fingerprint density at radius 1 is 0.969 bits per heavy atom. The molecule has 0 amide bonds. The number of ether oxygens (including phenoxy) is 2. The van der Waals surface area contributed by atoms with Gasteiger partial charge in [0.15, 0.2) is 0 Å². The Labute approximate surface area is 184 Å². The molecule has 0 unspecified atom stereocenters. The monoisotopic (exact) mass is 456 g/mol. The quantitative estimate of drug-likeness (QED) is 0.284. The number of hydrazone groups is 1. The third-order valence-corrected chi connectivity index (χ3v) is 5.69. The zero-order valence-electron chi connectivity index (χ0n) is 17.2. The molecular formula is C21H20N4O6S. The minimum atomic E-state index is -4.05. The Hall–Kier alpha value is -4.12. The van der Waals surface area contributed by atoms with E-state index in [9.17, 15) is 18.5 Å². The van der Waals surface area contributed by atoms with Crippen molar-refractivity contribution in [3.05, 3.63) is 82.4 Å². The molecule has 166 valence electrons. The summed E-state index contributed by atoms with van der Waals surface area (Å²) in [5.74, 6) is 1.20. The molecule has 0 fully saturated rings. The Bertz CT molecular complexity index is 1240. The van der Waals surface area contributed by atoms with E-state index in [0.29, 0.717) is 22.7 Å². The summed E-state index contributed by atoms with van der Waals surface area (Å²) in [6.45, 7) is 0. The fraction of sp³-hybridized carbons (Fsp3) is 0.0952. The molecule has 0 bridgehead atoms. The second kappa shape index (κ2) is 9.79. The van der Waals surface area contributed by atoms with Crippen molar-refractivity contribution in [2.45, 2.75) is 4.90 Å². The van der Waals surface area contributed by atoms with Gasteiger partial charge in [-0.15, -0.1) is 0 Å². The highest BCUT2D eigenvalue weighted by Crippen LogP contribution is 2.29. The van der Waals surface area contributed by atoms with E-state index >= 15 is 0 Å². The number of anilines is 2. The SMILES string of the molecule is COc1ccc(NS(=O)(=O)c2ccc(N/N=C/c3cccc(OC)c3)c([N+](=O)[O-])c2)cc1. The fourth-order valence-corrected chi connectivity index (χ4v) is 3.77. The van der Waals surface area contributed by atoms with Gasteiger partial charge >= 0.3 is 0 Å². The summed E-state index contributed by atoms with van der Waals surface area (Å²) in [7, 11) is -1.02. The minimum absolute atomic E-state index is 0.0394. The highest BCUT2D eigenvalue weighted by atomic mass is 32.2. The van der Waals surface area contributed by atoms with Crippen LogP contribution in [0.5, 0.6) is 11.5 Å². The van der Waals surface area contributed by atoms with Crippen LogP contribution in [0.1, 0.15) is 5.56 Å². The highest BCUT2D eigenvalue weighted by molar-refractivity contribution is 7.92. The number of sulfonamides is 1. The molecule has 3 aromatic rings. The van der Waals surface area contributed by atoms with Gasteiger partial charge in [0, 0.05) is 11.8 Å².